The van der Waals surface area contributed by atoms with Gasteiger partial charge in [0.1, 0.15) is 0 Å². The van der Waals surface area contributed by atoms with E-state index in [2.05, 4.69) is 24.5 Å². The van der Waals surface area contributed by atoms with Crippen LogP contribution in [0.2, 0.25) is 0 Å². The van der Waals surface area contributed by atoms with Crippen LogP contribution in [0.1, 0.15) is 54.3 Å². The van der Waals surface area contributed by atoms with Gasteiger partial charge in [-0.15, -0.1) is 0 Å². The van der Waals surface area contributed by atoms with Crippen LogP contribution in [0, 0.1) is 0 Å². The number of hydrogen-bond acceptors (Lipinski definition) is 2. The summed E-state index contributed by atoms with van der Waals surface area (Å²) < 4.78 is 7.30. The molecule has 0 atom stereocenters. The number of para-hydroxylation sites is 1. The molecule has 3 nitrogen and oxygen atoms in total. The number of aryl methyl sites for hydroxylation is 1. The molecule has 0 aliphatic heterocycles. The minimum Gasteiger partial charge on any atom is -0.465 e. The van der Waals surface area contributed by atoms with Gasteiger partial charge in [0.2, 0.25) is 0 Å². The molecule has 3 heteroatoms. The third-order valence-corrected chi connectivity index (χ3v) is 4.25. The lowest BCUT2D eigenvalue weighted by molar-refractivity contribution is 0.0602. The number of carbonyl (C=O) groups is 1. The van der Waals surface area contributed by atoms with Crippen LogP contribution in [0.25, 0.3) is 10.9 Å². The lowest BCUT2D eigenvalue weighted by atomic mass is 9.95. The summed E-state index contributed by atoms with van der Waals surface area (Å²) in [5.41, 5.74) is 4.60. The molecule has 1 heterocycles. The standard InChI is InChI=1S/C17H21NO2/c1-11(2)18-15-10-5-4-7-12(15)13-8-6-9-14(16(13)18)17(19)20-3/h6,8-9,11H,4-5,7,10H2,1-3H3. The van der Waals surface area contributed by atoms with Crippen molar-refractivity contribution >= 4 is 16.9 Å². The average molecular weight is 271 g/mol. The van der Waals surface area contributed by atoms with Crippen LogP contribution in [-0.4, -0.2) is 17.6 Å². The van der Waals surface area contributed by atoms with E-state index in [1.54, 1.807) is 0 Å². The summed E-state index contributed by atoms with van der Waals surface area (Å²) >= 11 is 0. The zero-order valence-corrected chi connectivity index (χ0v) is 12.4. The summed E-state index contributed by atoms with van der Waals surface area (Å²) in [4.78, 5) is 12.1. The number of fused-ring (bicyclic) bond motifs is 3. The van der Waals surface area contributed by atoms with E-state index in [0.29, 0.717) is 11.6 Å². The molecule has 1 aromatic heterocycles. The molecule has 106 valence electrons. The highest BCUT2D eigenvalue weighted by Gasteiger charge is 2.24. The molecule has 0 amide bonds. The lowest BCUT2D eigenvalue weighted by Crippen LogP contribution is -2.12. The highest BCUT2D eigenvalue weighted by Crippen LogP contribution is 2.36. The smallest absolute Gasteiger partial charge is 0.340 e. The number of ether oxygens (including phenoxy) is 1. The van der Waals surface area contributed by atoms with Gasteiger partial charge in [-0.25, -0.2) is 4.79 Å². The van der Waals surface area contributed by atoms with Gasteiger partial charge in [-0.3, -0.25) is 0 Å². The average Bonchev–Trinajstić information content (AvgIpc) is 2.81. The number of nitrogens with zero attached hydrogens (tertiary/aromatic N) is 1. The minimum atomic E-state index is -0.243. The molecule has 0 N–H and O–H groups in total. The third-order valence-electron chi connectivity index (χ3n) is 4.25. The van der Waals surface area contributed by atoms with Gasteiger partial charge in [-0.1, -0.05) is 12.1 Å². The van der Waals surface area contributed by atoms with Gasteiger partial charge < -0.3 is 9.30 Å². The van der Waals surface area contributed by atoms with E-state index in [1.807, 2.05) is 12.1 Å². The van der Waals surface area contributed by atoms with Crippen LogP contribution in [0.15, 0.2) is 18.2 Å². The van der Waals surface area contributed by atoms with E-state index >= 15 is 0 Å². The Hall–Kier alpha value is -1.77. The third kappa shape index (κ3) is 1.84. The molecule has 1 aliphatic carbocycles. The second-order valence-electron chi connectivity index (χ2n) is 5.79. The van der Waals surface area contributed by atoms with Crippen LogP contribution in [0.3, 0.4) is 0 Å². The van der Waals surface area contributed by atoms with Gasteiger partial charge >= 0.3 is 5.97 Å². The molecule has 20 heavy (non-hydrogen) atoms. The lowest BCUT2D eigenvalue weighted by Gasteiger charge is -2.19. The van der Waals surface area contributed by atoms with E-state index in [0.717, 1.165) is 18.4 Å². The molecule has 0 radical (unpaired) electrons. The van der Waals surface area contributed by atoms with Crippen molar-refractivity contribution in [2.24, 2.45) is 0 Å². The predicted octanol–water partition coefficient (Wildman–Crippen LogP) is 3.89. The van der Waals surface area contributed by atoms with Crippen molar-refractivity contribution in [3.8, 4) is 0 Å². The Bertz CT molecular complexity index is 667. The van der Waals surface area contributed by atoms with Crippen molar-refractivity contribution in [3.63, 3.8) is 0 Å². The fourth-order valence-electron chi connectivity index (χ4n) is 3.47. The number of esters is 1. The van der Waals surface area contributed by atoms with Crippen LogP contribution >= 0.6 is 0 Å². The topological polar surface area (TPSA) is 31.2 Å². The highest BCUT2D eigenvalue weighted by molar-refractivity contribution is 6.04. The largest absolute Gasteiger partial charge is 0.465 e. The molecule has 0 fully saturated rings. The molecule has 1 aliphatic rings. The fourth-order valence-corrected chi connectivity index (χ4v) is 3.47. The molecule has 0 saturated heterocycles. The van der Waals surface area contributed by atoms with E-state index in [-0.39, 0.29) is 5.97 Å². The van der Waals surface area contributed by atoms with Gasteiger partial charge in [0, 0.05) is 17.1 Å². The van der Waals surface area contributed by atoms with Gasteiger partial charge in [0.15, 0.2) is 0 Å². The van der Waals surface area contributed by atoms with Crippen LogP contribution in [0.4, 0.5) is 0 Å². The SMILES string of the molecule is COC(=O)c1cccc2c3c(n(C(C)C)c12)CCCC3. The van der Waals surface area contributed by atoms with Gasteiger partial charge in [0.05, 0.1) is 18.2 Å². The zero-order valence-electron chi connectivity index (χ0n) is 12.4. The number of carbonyl (C=O) groups excluding carboxylic acids is 1. The molecule has 0 spiro atoms. The van der Waals surface area contributed by atoms with Crippen molar-refractivity contribution in [2.45, 2.75) is 45.6 Å². The summed E-state index contributed by atoms with van der Waals surface area (Å²) in [6.45, 7) is 4.37. The normalized spacial score (nSPS) is 14.6. The summed E-state index contributed by atoms with van der Waals surface area (Å²) in [5.74, 6) is -0.243. The molecular weight excluding hydrogens is 250 g/mol. The number of methoxy groups -OCH3 is 1. The zero-order chi connectivity index (χ0) is 14.3. The number of hydrogen-bond donors (Lipinski definition) is 0. The highest BCUT2D eigenvalue weighted by atomic mass is 16.5. The molecule has 1 aromatic carbocycles. The maximum Gasteiger partial charge on any atom is 0.340 e. The number of aromatic nitrogens is 1. The Labute approximate surface area is 119 Å². The molecule has 0 bridgehead atoms. The first-order valence-corrected chi connectivity index (χ1v) is 7.38. The van der Waals surface area contributed by atoms with Crippen molar-refractivity contribution in [1.82, 2.24) is 4.57 Å². The summed E-state index contributed by atoms with van der Waals surface area (Å²) in [5, 5.41) is 1.23. The Morgan fingerprint density at radius 3 is 2.70 bits per heavy atom. The van der Waals surface area contributed by atoms with Gasteiger partial charge in [-0.05, 0) is 51.2 Å². The summed E-state index contributed by atoms with van der Waals surface area (Å²) in [7, 11) is 1.45. The van der Waals surface area contributed by atoms with Crippen LogP contribution in [-0.2, 0) is 17.6 Å². The second-order valence-corrected chi connectivity index (χ2v) is 5.79. The van der Waals surface area contributed by atoms with E-state index < -0.39 is 0 Å². The first-order valence-electron chi connectivity index (χ1n) is 7.38. The van der Waals surface area contributed by atoms with E-state index in [9.17, 15) is 4.79 Å². The van der Waals surface area contributed by atoms with Crippen LogP contribution < -0.4 is 0 Å². The molecule has 0 unspecified atom stereocenters. The van der Waals surface area contributed by atoms with Crippen molar-refractivity contribution in [3.05, 3.63) is 35.0 Å². The van der Waals surface area contributed by atoms with Crippen LogP contribution in [0.5, 0.6) is 0 Å². The van der Waals surface area contributed by atoms with E-state index in [1.165, 1.54) is 36.6 Å². The van der Waals surface area contributed by atoms with Gasteiger partial charge in [0.25, 0.3) is 0 Å². The summed E-state index contributed by atoms with van der Waals surface area (Å²) in [6, 6.07) is 6.34. The van der Waals surface area contributed by atoms with Gasteiger partial charge in [-0.2, -0.15) is 0 Å². The Morgan fingerprint density at radius 1 is 1.25 bits per heavy atom. The van der Waals surface area contributed by atoms with Crippen molar-refractivity contribution in [2.75, 3.05) is 7.11 Å². The van der Waals surface area contributed by atoms with Crippen molar-refractivity contribution in [1.29, 1.82) is 0 Å². The second kappa shape index (κ2) is 4.97. The van der Waals surface area contributed by atoms with E-state index in [4.69, 9.17) is 4.74 Å². The number of benzene rings is 1. The molecule has 3 rings (SSSR count). The van der Waals surface area contributed by atoms with Crippen molar-refractivity contribution < 1.29 is 9.53 Å². The fraction of sp³-hybridized carbons (Fsp3) is 0.471. The maximum atomic E-state index is 12.1. The monoisotopic (exact) mass is 271 g/mol. The summed E-state index contributed by atoms with van der Waals surface area (Å²) in [6.07, 6.45) is 4.72. The number of rotatable bonds is 2. The Balaban J connectivity index is 2.39. The molecule has 0 saturated carbocycles. The Morgan fingerprint density at radius 2 is 2.00 bits per heavy atom. The maximum absolute atomic E-state index is 12.1. The first kappa shape index (κ1) is 13.2. The predicted molar refractivity (Wildman–Crippen MR) is 80.3 cm³/mol. The quantitative estimate of drug-likeness (QED) is 0.776. The Kier molecular flexibility index (Phi) is 3.28. The molecule has 2 aromatic rings. The minimum absolute atomic E-state index is 0.243. The molecular formula is C17H21NO2. The first-order chi connectivity index (χ1) is 9.65.